The standard InChI is InChI=1S/C18H14N2O5S/c21-18(22)13-10-15-17(19-11-13)25-9-8-20(15)26(23,24)16-7-3-5-12-4-1-2-6-14(12)16/h1-7,10-11H,8-9H2,(H,21,22). The molecule has 0 saturated heterocycles. The van der Waals surface area contributed by atoms with E-state index in [1.165, 1.54) is 6.07 Å². The van der Waals surface area contributed by atoms with E-state index >= 15 is 0 Å². The van der Waals surface area contributed by atoms with Crippen LogP contribution in [0.5, 0.6) is 5.88 Å². The molecule has 1 aromatic heterocycles. The molecule has 0 fully saturated rings. The van der Waals surface area contributed by atoms with Gasteiger partial charge in [-0.05, 0) is 17.5 Å². The van der Waals surface area contributed by atoms with E-state index in [1.807, 2.05) is 18.2 Å². The van der Waals surface area contributed by atoms with Crippen LogP contribution in [0.3, 0.4) is 0 Å². The van der Waals surface area contributed by atoms with Crippen molar-refractivity contribution in [2.75, 3.05) is 17.5 Å². The first-order valence-corrected chi connectivity index (χ1v) is 9.29. The fraction of sp³-hybridized carbons (Fsp3) is 0.111. The molecule has 1 aliphatic heterocycles. The molecule has 4 rings (SSSR count). The molecule has 132 valence electrons. The predicted molar refractivity (Wildman–Crippen MR) is 95.2 cm³/mol. The second kappa shape index (κ2) is 5.99. The van der Waals surface area contributed by atoms with Gasteiger partial charge in [0.2, 0.25) is 5.88 Å². The average molecular weight is 370 g/mol. The number of nitrogens with zero attached hydrogens (tertiary/aromatic N) is 2. The summed E-state index contributed by atoms with van der Waals surface area (Å²) in [4.78, 5) is 15.3. The molecule has 26 heavy (non-hydrogen) atoms. The number of anilines is 1. The molecule has 0 unspecified atom stereocenters. The average Bonchev–Trinajstić information content (AvgIpc) is 2.66. The van der Waals surface area contributed by atoms with Crippen molar-refractivity contribution in [2.45, 2.75) is 4.90 Å². The first-order chi connectivity index (χ1) is 12.5. The molecule has 3 aromatic rings. The van der Waals surface area contributed by atoms with E-state index in [0.717, 1.165) is 15.9 Å². The number of pyridine rings is 1. The zero-order chi connectivity index (χ0) is 18.3. The van der Waals surface area contributed by atoms with Crippen LogP contribution in [0.25, 0.3) is 10.8 Å². The molecule has 7 nitrogen and oxygen atoms in total. The van der Waals surface area contributed by atoms with E-state index in [1.54, 1.807) is 24.3 Å². The molecule has 8 heteroatoms. The summed E-state index contributed by atoms with van der Waals surface area (Å²) in [5.74, 6) is -1.08. The number of carbonyl (C=O) groups is 1. The maximum Gasteiger partial charge on any atom is 0.337 e. The number of aromatic nitrogens is 1. The summed E-state index contributed by atoms with van der Waals surface area (Å²) >= 11 is 0. The Kier molecular flexibility index (Phi) is 3.77. The van der Waals surface area contributed by atoms with Crippen LogP contribution in [0.2, 0.25) is 0 Å². The Bertz CT molecular complexity index is 1120. The first kappa shape index (κ1) is 16.3. The molecule has 0 radical (unpaired) electrons. The molecular weight excluding hydrogens is 356 g/mol. The van der Waals surface area contributed by atoms with Gasteiger partial charge in [0.1, 0.15) is 12.3 Å². The third-order valence-corrected chi connectivity index (χ3v) is 6.07. The quantitative estimate of drug-likeness (QED) is 0.761. The van der Waals surface area contributed by atoms with Gasteiger partial charge in [-0.3, -0.25) is 4.31 Å². The summed E-state index contributed by atoms with van der Waals surface area (Å²) < 4.78 is 33.2. The third kappa shape index (κ3) is 2.55. The second-order valence-electron chi connectivity index (χ2n) is 5.76. The first-order valence-electron chi connectivity index (χ1n) is 7.85. The number of sulfonamides is 1. The fourth-order valence-corrected chi connectivity index (χ4v) is 4.64. The van der Waals surface area contributed by atoms with Gasteiger partial charge in [-0.25, -0.2) is 18.2 Å². The van der Waals surface area contributed by atoms with Gasteiger partial charge in [0.15, 0.2) is 0 Å². The Morgan fingerprint density at radius 3 is 2.73 bits per heavy atom. The largest absolute Gasteiger partial charge is 0.478 e. The number of carboxylic acids is 1. The van der Waals surface area contributed by atoms with Gasteiger partial charge < -0.3 is 9.84 Å². The number of carboxylic acid groups (broad SMARTS) is 1. The minimum Gasteiger partial charge on any atom is -0.478 e. The van der Waals surface area contributed by atoms with Crippen LogP contribution < -0.4 is 9.04 Å². The number of benzene rings is 2. The van der Waals surface area contributed by atoms with E-state index < -0.39 is 16.0 Å². The highest BCUT2D eigenvalue weighted by Crippen LogP contribution is 2.36. The lowest BCUT2D eigenvalue weighted by molar-refractivity contribution is 0.0696. The lowest BCUT2D eigenvalue weighted by Crippen LogP contribution is -2.38. The van der Waals surface area contributed by atoms with Crippen LogP contribution in [0.15, 0.2) is 59.6 Å². The lowest BCUT2D eigenvalue weighted by Gasteiger charge is -2.30. The maximum absolute atomic E-state index is 13.3. The third-order valence-electron chi connectivity index (χ3n) is 4.20. The van der Waals surface area contributed by atoms with Gasteiger partial charge in [0.05, 0.1) is 17.0 Å². The Morgan fingerprint density at radius 1 is 1.15 bits per heavy atom. The monoisotopic (exact) mass is 370 g/mol. The lowest BCUT2D eigenvalue weighted by atomic mass is 10.1. The van der Waals surface area contributed by atoms with Crippen molar-refractivity contribution in [1.29, 1.82) is 0 Å². The smallest absolute Gasteiger partial charge is 0.337 e. The van der Waals surface area contributed by atoms with Gasteiger partial charge in [-0.1, -0.05) is 36.4 Å². The fourth-order valence-electron chi connectivity index (χ4n) is 2.98. The number of fused-ring (bicyclic) bond motifs is 2. The molecule has 0 saturated carbocycles. The predicted octanol–water partition coefficient (Wildman–Crippen LogP) is 2.52. The number of rotatable bonds is 3. The Balaban J connectivity index is 1.90. The van der Waals surface area contributed by atoms with Crippen molar-refractivity contribution >= 4 is 32.5 Å². The Hall–Kier alpha value is -3.13. The van der Waals surface area contributed by atoms with Gasteiger partial charge in [-0.15, -0.1) is 0 Å². The number of hydrogen-bond acceptors (Lipinski definition) is 5. The molecule has 0 atom stereocenters. The molecular formula is C18H14N2O5S. The minimum atomic E-state index is -3.92. The van der Waals surface area contributed by atoms with Crippen LogP contribution in [-0.4, -0.2) is 37.6 Å². The number of aromatic carboxylic acids is 1. The highest BCUT2D eigenvalue weighted by Gasteiger charge is 2.32. The van der Waals surface area contributed by atoms with Crippen molar-refractivity contribution in [3.05, 3.63) is 60.3 Å². The van der Waals surface area contributed by atoms with Crippen LogP contribution in [0, 0.1) is 0 Å². The summed E-state index contributed by atoms with van der Waals surface area (Å²) in [5, 5.41) is 10.6. The van der Waals surface area contributed by atoms with Crippen LogP contribution in [-0.2, 0) is 10.0 Å². The molecule has 2 heterocycles. The summed E-state index contributed by atoms with van der Waals surface area (Å²) in [5.41, 5.74) is 0.0245. The molecule has 0 bridgehead atoms. The zero-order valence-corrected chi connectivity index (χ0v) is 14.3. The molecule has 0 amide bonds. The van der Waals surface area contributed by atoms with Crippen molar-refractivity contribution in [3.63, 3.8) is 0 Å². The minimum absolute atomic E-state index is 0.0727. The SMILES string of the molecule is O=C(O)c1cnc2c(c1)N(S(=O)(=O)c1cccc3ccccc13)CCO2. The van der Waals surface area contributed by atoms with E-state index in [9.17, 15) is 18.3 Å². The van der Waals surface area contributed by atoms with Gasteiger partial charge in [0, 0.05) is 11.6 Å². The Morgan fingerprint density at radius 2 is 1.92 bits per heavy atom. The molecule has 1 N–H and O–H groups in total. The van der Waals surface area contributed by atoms with E-state index in [0.29, 0.717) is 5.39 Å². The number of ether oxygens (including phenoxy) is 1. The summed E-state index contributed by atoms with van der Waals surface area (Å²) in [6.07, 6.45) is 1.15. The zero-order valence-electron chi connectivity index (χ0n) is 13.5. The summed E-state index contributed by atoms with van der Waals surface area (Å²) in [7, 11) is -3.92. The van der Waals surface area contributed by atoms with E-state index in [4.69, 9.17) is 4.74 Å². The highest BCUT2D eigenvalue weighted by atomic mass is 32.2. The van der Waals surface area contributed by atoms with Crippen LogP contribution in [0.4, 0.5) is 5.69 Å². The van der Waals surface area contributed by atoms with Crippen LogP contribution >= 0.6 is 0 Å². The summed E-state index contributed by atoms with van der Waals surface area (Å²) in [6.45, 7) is 0.208. The van der Waals surface area contributed by atoms with Gasteiger partial charge in [-0.2, -0.15) is 0 Å². The van der Waals surface area contributed by atoms with Crippen molar-refractivity contribution in [1.82, 2.24) is 4.98 Å². The number of hydrogen-bond donors (Lipinski definition) is 1. The van der Waals surface area contributed by atoms with Gasteiger partial charge in [0.25, 0.3) is 10.0 Å². The molecule has 1 aliphatic rings. The van der Waals surface area contributed by atoms with E-state index in [-0.39, 0.29) is 35.2 Å². The van der Waals surface area contributed by atoms with E-state index in [2.05, 4.69) is 4.98 Å². The summed E-state index contributed by atoms with van der Waals surface area (Å²) in [6, 6.07) is 13.5. The normalized spacial score (nSPS) is 13.9. The second-order valence-corrected chi connectivity index (χ2v) is 7.59. The van der Waals surface area contributed by atoms with Gasteiger partial charge >= 0.3 is 5.97 Å². The van der Waals surface area contributed by atoms with Crippen molar-refractivity contribution in [2.24, 2.45) is 0 Å². The molecule has 2 aromatic carbocycles. The Labute approximate surface area is 149 Å². The molecule has 0 aliphatic carbocycles. The highest BCUT2D eigenvalue weighted by molar-refractivity contribution is 7.93. The van der Waals surface area contributed by atoms with Crippen LogP contribution in [0.1, 0.15) is 10.4 Å². The van der Waals surface area contributed by atoms with Crippen molar-refractivity contribution in [3.8, 4) is 5.88 Å². The van der Waals surface area contributed by atoms with Crippen molar-refractivity contribution < 1.29 is 23.1 Å². The molecule has 0 spiro atoms. The maximum atomic E-state index is 13.3. The topological polar surface area (TPSA) is 96.8 Å².